The standard InChI is InChI=1S/C17H29N7O.HI/c1-12(2)16-21-15(25-23-16)7-9-20-17(18-5)19-8-6-10-24-14(4)11-13(3)22-24;/h11-12H,6-10H2,1-5H3,(H2,18,19,20);1H. The van der Waals surface area contributed by atoms with E-state index in [0.29, 0.717) is 18.9 Å². The third-order valence-electron chi connectivity index (χ3n) is 3.80. The number of hydrogen-bond donors (Lipinski definition) is 2. The maximum Gasteiger partial charge on any atom is 0.228 e. The fraction of sp³-hybridized carbons (Fsp3) is 0.647. The maximum atomic E-state index is 5.23. The summed E-state index contributed by atoms with van der Waals surface area (Å²) in [6.45, 7) is 10.6. The fourth-order valence-corrected chi connectivity index (χ4v) is 2.45. The van der Waals surface area contributed by atoms with E-state index in [0.717, 1.165) is 37.0 Å². The number of halogens is 1. The molecule has 0 saturated carbocycles. The molecule has 8 nitrogen and oxygen atoms in total. The Morgan fingerprint density at radius 2 is 2.00 bits per heavy atom. The monoisotopic (exact) mass is 475 g/mol. The second-order valence-electron chi connectivity index (χ2n) is 6.38. The number of guanidine groups is 1. The summed E-state index contributed by atoms with van der Waals surface area (Å²) in [6, 6.07) is 2.09. The summed E-state index contributed by atoms with van der Waals surface area (Å²) in [7, 11) is 1.76. The molecule has 0 bridgehead atoms. The van der Waals surface area contributed by atoms with Crippen molar-refractivity contribution in [2.24, 2.45) is 4.99 Å². The van der Waals surface area contributed by atoms with Crippen LogP contribution in [0.1, 0.15) is 49.3 Å². The van der Waals surface area contributed by atoms with Crippen molar-refractivity contribution in [1.29, 1.82) is 0 Å². The van der Waals surface area contributed by atoms with Crippen LogP contribution >= 0.6 is 24.0 Å². The van der Waals surface area contributed by atoms with Crippen LogP contribution in [0.25, 0.3) is 0 Å². The molecule has 2 aromatic rings. The van der Waals surface area contributed by atoms with Gasteiger partial charge in [0, 0.05) is 44.7 Å². The first-order valence-electron chi connectivity index (χ1n) is 8.77. The highest BCUT2D eigenvalue weighted by molar-refractivity contribution is 14.0. The number of rotatable bonds is 8. The normalized spacial score (nSPS) is 11.5. The Bertz CT molecular complexity index is 693. The molecule has 0 aromatic carbocycles. The summed E-state index contributed by atoms with van der Waals surface area (Å²) in [5.41, 5.74) is 2.25. The Morgan fingerprint density at radius 3 is 2.58 bits per heavy atom. The van der Waals surface area contributed by atoms with Gasteiger partial charge in [-0.1, -0.05) is 19.0 Å². The van der Waals surface area contributed by atoms with E-state index in [2.05, 4.69) is 43.9 Å². The minimum Gasteiger partial charge on any atom is -0.356 e. The zero-order valence-electron chi connectivity index (χ0n) is 16.2. The summed E-state index contributed by atoms with van der Waals surface area (Å²) in [5.74, 6) is 2.46. The van der Waals surface area contributed by atoms with Crippen LogP contribution in [0.15, 0.2) is 15.6 Å². The lowest BCUT2D eigenvalue weighted by atomic mass is 10.2. The van der Waals surface area contributed by atoms with Crippen LogP contribution in [0.4, 0.5) is 0 Å². The smallest absolute Gasteiger partial charge is 0.228 e. The first kappa shape index (κ1) is 22.4. The van der Waals surface area contributed by atoms with Crippen LogP contribution in [0.5, 0.6) is 0 Å². The summed E-state index contributed by atoms with van der Waals surface area (Å²) in [6.07, 6.45) is 1.65. The quantitative estimate of drug-likeness (QED) is 0.264. The number of aryl methyl sites for hydroxylation is 3. The van der Waals surface area contributed by atoms with E-state index < -0.39 is 0 Å². The van der Waals surface area contributed by atoms with Gasteiger partial charge in [-0.25, -0.2) is 0 Å². The molecule has 2 heterocycles. The van der Waals surface area contributed by atoms with Crippen molar-refractivity contribution in [3.63, 3.8) is 0 Å². The zero-order chi connectivity index (χ0) is 18.2. The molecule has 146 valence electrons. The lowest BCUT2D eigenvalue weighted by molar-refractivity contribution is 0.371. The van der Waals surface area contributed by atoms with Gasteiger partial charge in [-0.3, -0.25) is 9.67 Å². The van der Waals surface area contributed by atoms with Gasteiger partial charge in [-0.05, 0) is 26.3 Å². The molecule has 0 unspecified atom stereocenters. The summed E-state index contributed by atoms with van der Waals surface area (Å²) in [4.78, 5) is 8.59. The molecule has 0 aliphatic rings. The van der Waals surface area contributed by atoms with Gasteiger partial charge in [0.05, 0.1) is 5.69 Å². The molecule has 0 aliphatic carbocycles. The van der Waals surface area contributed by atoms with E-state index in [1.165, 1.54) is 5.69 Å². The molecule has 0 aliphatic heterocycles. The van der Waals surface area contributed by atoms with Crippen LogP contribution < -0.4 is 10.6 Å². The van der Waals surface area contributed by atoms with Crippen LogP contribution in [0.2, 0.25) is 0 Å². The Labute approximate surface area is 172 Å². The SMILES string of the molecule is CN=C(NCCCn1nc(C)cc1C)NCCc1nc(C(C)C)no1.I. The molecule has 9 heteroatoms. The minimum atomic E-state index is 0. The minimum absolute atomic E-state index is 0. The molecule has 2 rings (SSSR count). The topological polar surface area (TPSA) is 93.2 Å². The first-order chi connectivity index (χ1) is 12.0. The lowest BCUT2D eigenvalue weighted by Gasteiger charge is -2.11. The van der Waals surface area contributed by atoms with Crippen molar-refractivity contribution < 1.29 is 4.52 Å². The molecule has 26 heavy (non-hydrogen) atoms. The van der Waals surface area contributed by atoms with Gasteiger partial charge in [-0.15, -0.1) is 24.0 Å². The predicted octanol–water partition coefficient (Wildman–Crippen LogP) is 2.42. The van der Waals surface area contributed by atoms with Crippen LogP contribution in [0, 0.1) is 13.8 Å². The van der Waals surface area contributed by atoms with E-state index in [9.17, 15) is 0 Å². The van der Waals surface area contributed by atoms with Gasteiger partial charge in [0.2, 0.25) is 5.89 Å². The molecule has 0 saturated heterocycles. The molecular weight excluding hydrogens is 445 g/mol. The summed E-state index contributed by atoms with van der Waals surface area (Å²) >= 11 is 0. The molecule has 0 atom stereocenters. The first-order valence-corrected chi connectivity index (χ1v) is 8.77. The summed E-state index contributed by atoms with van der Waals surface area (Å²) in [5, 5.41) is 15.0. The second kappa shape index (κ2) is 11.1. The number of hydrogen-bond acceptors (Lipinski definition) is 5. The maximum absolute atomic E-state index is 5.23. The van der Waals surface area contributed by atoms with E-state index >= 15 is 0 Å². The molecule has 0 radical (unpaired) electrons. The number of aliphatic imine (C=N–C) groups is 1. The van der Waals surface area contributed by atoms with Gasteiger partial charge in [0.1, 0.15) is 0 Å². The van der Waals surface area contributed by atoms with Crippen molar-refractivity contribution in [1.82, 2.24) is 30.6 Å². The average Bonchev–Trinajstić information content (AvgIpc) is 3.16. The molecular formula is C17H30IN7O. The van der Waals surface area contributed by atoms with Crippen molar-refractivity contribution in [3.05, 3.63) is 29.2 Å². The van der Waals surface area contributed by atoms with Crippen LogP contribution in [0.3, 0.4) is 0 Å². The zero-order valence-corrected chi connectivity index (χ0v) is 18.6. The lowest BCUT2D eigenvalue weighted by Crippen LogP contribution is -2.39. The second-order valence-corrected chi connectivity index (χ2v) is 6.38. The predicted molar refractivity (Wildman–Crippen MR) is 113 cm³/mol. The van der Waals surface area contributed by atoms with Crippen LogP contribution in [-0.4, -0.2) is 46.0 Å². The Morgan fingerprint density at radius 1 is 1.27 bits per heavy atom. The highest BCUT2D eigenvalue weighted by atomic mass is 127. The molecule has 0 amide bonds. The number of aromatic nitrogens is 4. The highest BCUT2D eigenvalue weighted by Crippen LogP contribution is 2.09. The van der Waals surface area contributed by atoms with E-state index in [1.54, 1.807) is 7.05 Å². The molecule has 2 N–H and O–H groups in total. The van der Waals surface area contributed by atoms with Crippen molar-refractivity contribution in [2.75, 3.05) is 20.1 Å². The van der Waals surface area contributed by atoms with Crippen molar-refractivity contribution in [2.45, 2.75) is 53.0 Å². The van der Waals surface area contributed by atoms with Crippen molar-refractivity contribution >= 4 is 29.9 Å². The average molecular weight is 475 g/mol. The van der Waals surface area contributed by atoms with E-state index in [4.69, 9.17) is 4.52 Å². The largest absolute Gasteiger partial charge is 0.356 e. The van der Waals surface area contributed by atoms with E-state index in [1.807, 2.05) is 25.5 Å². The van der Waals surface area contributed by atoms with E-state index in [-0.39, 0.29) is 29.9 Å². The van der Waals surface area contributed by atoms with Gasteiger partial charge < -0.3 is 15.2 Å². The Hall–Kier alpha value is -1.65. The van der Waals surface area contributed by atoms with Crippen molar-refractivity contribution in [3.8, 4) is 0 Å². The van der Waals surface area contributed by atoms with Gasteiger partial charge in [-0.2, -0.15) is 10.1 Å². The molecule has 0 spiro atoms. The molecule has 0 fully saturated rings. The summed E-state index contributed by atoms with van der Waals surface area (Å²) < 4.78 is 7.27. The third-order valence-corrected chi connectivity index (χ3v) is 3.80. The Balaban J connectivity index is 0.00000338. The van der Waals surface area contributed by atoms with Crippen LogP contribution in [-0.2, 0) is 13.0 Å². The number of nitrogens with one attached hydrogen (secondary N) is 2. The fourth-order valence-electron chi connectivity index (χ4n) is 2.45. The highest BCUT2D eigenvalue weighted by Gasteiger charge is 2.09. The molecule has 2 aromatic heterocycles. The number of nitrogens with zero attached hydrogens (tertiary/aromatic N) is 5. The Kier molecular flexibility index (Phi) is 9.60. The van der Waals surface area contributed by atoms with Gasteiger partial charge >= 0.3 is 0 Å². The van der Waals surface area contributed by atoms with Gasteiger partial charge in [0.25, 0.3) is 0 Å². The third kappa shape index (κ3) is 6.93. The van der Waals surface area contributed by atoms with Gasteiger partial charge in [0.15, 0.2) is 11.8 Å².